The van der Waals surface area contributed by atoms with Crippen molar-refractivity contribution < 1.29 is 4.79 Å². The lowest BCUT2D eigenvalue weighted by Crippen LogP contribution is -2.53. The van der Waals surface area contributed by atoms with Crippen molar-refractivity contribution in [3.8, 4) is 11.3 Å². The number of aliphatic imine (C=N–C) groups is 2. The van der Waals surface area contributed by atoms with E-state index in [1.54, 1.807) is 6.08 Å². The molecule has 242 valence electrons. The highest BCUT2D eigenvalue weighted by molar-refractivity contribution is 6.03. The van der Waals surface area contributed by atoms with E-state index in [1.807, 2.05) is 74.7 Å². The van der Waals surface area contributed by atoms with Crippen molar-refractivity contribution in [3.63, 3.8) is 0 Å². The summed E-state index contributed by atoms with van der Waals surface area (Å²) in [6, 6.07) is 16.4. The molecule has 1 aromatic heterocycles. The lowest BCUT2D eigenvalue weighted by Gasteiger charge is -2.38. The van der Waals surface area contributed by atoms with E-state index in [-0.39, 0.29) is 11.9 Å². The van der Waals surface area contributed by atoms with Gasteiger partial charge in [-0.2, -0.15) is 4.99 Å². The number of likely N-dealkylation sites (tertiary alicyclic amines) is 1. The zero-order valence-corrected chi connectivity index (χ0v) is 27.9. The number of amides is 1. The molecule has 10 nitrogen and oxygen atoms in total. The number of pyridine rings is 1. The number of nitrogens with one attached hydrogen (secondary N) is 2. The van der Waals surface area contributed by atoms with Crippen LogP contribution >= 0.6 is 0 Å². The van der Waals surface area contributed by atoms with Crippen molar-refractivity contribution in [3.05, 3.63) is 83.8 Å². The summed E-state index contributed by atoms with van der Waals surface area (Å²) >= 11 is 0. The van der Waals surface area contributed by atoms with E-state index in [0.717, 1.165) is 71.0 Å². The number of nitrogens with two attached hydrogens (primary N) is 1. The predicted octanol–water partition coefficient (Wildman–Crippen LogP) is 5.02. The molecule has 2 aliphatic heterocycles. The minimum Gasteiger partial charge on any atom is -0.342 e. The lowest BCUT2D eigenvalue weighted by molar-refractivity contribution is -0.111. The van der Waals surface area contributed by atoms with E-state index >= 15 is 0 Å². The van der Waals surface area contributed by atoms with Gasteiger partial charge in [0.1, 0.15) is 5.82 Å². The van der Waals surface area contributed by atoms with Crippen LogP contribution in [0.25, 0.3) is 22.0 Å². The van der Waals surface area contributed by atoms with Crippen LogP contribution in [0.1, 0.15) is 39.2 Å². The van der Waals surface area contributed by atoms with Gasteiger partial charge in [-0.15, -0.1) is 0 Å². The second-order valence-electron chi connectivity index (χ2n) is 12.7. The number of aromatic nitrogens is 1. The van der Waals surface area contributed by atoms with E-state index in [4.69, 9.17) is 20.7 Å². The summed E-state index contributed by atoms with van der Waals surface area (Å²) in [5.41, 5.74) is 11.1. The van der Waals surface area contributed by atoms with Crippen LogP contribution in [0.3, 0.4) is 0 Å². The highest BCUT2D eigenvalue weighted by Crippen LogP contribution is 2.31. The molecule has 5 rings (SSSR count). The van der Waals surface area contributed by atoms with Crippen molar-refractivity contribution in [1.82, 2.24) is 25.0 Å². The van der Waals surface area contributed by atoms with E-state index in [2.05, 4.69) is 53.3 Å². The number of hydrogen-bond acceptors (Lipinski definition) is 7. The summed E-state index contributed by atoms with van der Waals surface area (Å²) in [4.78, 5) is 33.7. The summed E-state index contributed by atoms with van der Waals surface area (Å²) in [6.07, 6.45) is 7.11. The van der Waals surface area contributed by atoms with E-state index in [1.165, 1.54) is 5.57 Å². The molecule has 1 saturated heterocycles. The quantitative estimate of drug-likeness (QED) is 0.303. The van der Waals surface area contributed by atoms with Gasteiger partial charge in [0.25, 0.3) is 0 Å². The number of nitrogens with zero attached hydrogens (tertiary/aromatic N) is 6. The molecule has 1 fully saturated rings. The van der Waals surface area contributed by atoms with Gasteiger partial charge >= 0.3 is 0 Å². The van der Waals surface area contributed by atoms with Crippen LogP contribution in [0.15, 0.2) is 88.3 Å². The van der Waals surface area contributed by atoms with Crippen LogP contribution < -0.4 is 16.4 Å². The Morgan fingerprint density at radius 1 is 1.17 bits per heavy atom. The van der Waals surface area contributed by atoms with Crippen molar-refractivity contribution in [2.24, 2.45) is 21.6 Å². The van der Waals surface area contributed by atoms with Crippen molar-refractivity contribution >= 4 is 34.3 Å². The SMILES string of the molecule is C/C(=C1/NC(N2CCC(N)CC2)=NC(=NCc2ccccc2-c2nccc3cc(NC(=O)/C=C/CN(C)C)ccc23)N1C)C(C)C. The summed E-state index contributed by atoms with van der Waals surface area (Å²) in [6.45, 7) is 9.45. The van der Waals surface area contributed by atoms with Crippen molar-refractivity contribution in [2.75, 3.05) is 46.1 Å². The average molecular weight is 622 g/mol. The molecule has 3 heterocycles. The first-order chi connectivity index (χ1) is 22.1. The lowest BCUT2D eigenvalue weighted by atomic mass is 9.99. The Morgan fingerprint density at radius 3 is 2.67 bits per heavy atom. The number of hydrogen-bond donors (Lipinski definition) is 3. The third-order valence-electron chi connectivity index (χ3n) is 8.59. The van der Waals surface area contributed by atoms with Gasteiger partial charge in [0.15, 0.2) is 0 Å². The largest absolute Gasteiger partial charge is 0.342 e. The number of rotatable bonds is 8. The first-order valence-electron chi connectivity index (χ1n) is 16.0. The minimum atomic E-state index is -0.154. The maximum Gasteiger partial charge on any atom is 0.248 e. The maximum atomic E-state index is 12.4. The summed E-state index contributed by atoms with van der Waals surface area (Å²) < 4.78 is 0. The zero-order chi connectivity index (χ0) is 32.8. The van der Waals surface area contributed by atoms with Gasteiger partial charge in [-0.3, -0.25) is 14.7 Å². The third kappa shape index (κ3) is 7.81. The molecule has 0 aliphatic carbocycles. The van der Waals surface area contributed by atoms with Crippen LogP contribution in [0, 0.1) is 5.92 Å². The fraction of sp³-hybridized carbons (Fsp3) is 0.389. The van der Waals surface area contributed by atoms with Crippen LogP contribution in [0.4, 0.5) is 5.69 Å². The Kier molecular flexibility index (Phi) is 10.5. The molecule has 46 heavy (non-hydrogen) atoms. The molecule has 0 bridgehead atoms. The second-order valence-corrected chi connectivity index (χ2v) is 12.7. The number of benzene rings is 2. The van der Waals surface area contributed by atoms with Gasteiger partial charge in [0.2, 0.25) is 17.8 Å². The Bertz CT molecular complexity index is 1680. The molecular formula is C36H47N9O. The summed E-state index contributed by atoms with van der Waals surface area (Å²) in [7, 11) is 5.95. The molecular weight excluding hydrogens is 574 g/mol. The molecule has 4 N–H and O–H groups in total. The van der Waals surface area contributed by atoms with Crippen molar-refractivity contribution in [1.29, 1.82) is 0 Å². The Balaban J connectivity index is 1.44. The monoisotopic (exact) mass is 621 g/mol. The number of piperidine rings is 1. The number of guanidine groups is 2. The summed E-state index contributed by atoms with van der Waals surface area (Å²) in [5.74, 6) is 2.73. The number of carbonyl (C=O) groups excluding carboxylic acids is 1. The molecule has 0 radical (unpaired) electrons. The number of allylic oxidation sites excluding steroid dienone is 1. The van der Waals surface area contributed by atoms with Crippen LogP contribution in [-0.4, -0.2) is 84.3 Å². The van der Waals surface area contributed by atoms with Gasteiger partial charge < -0.3 is 26.2 Å². The van der Waals surface area contributed by atoms with Crippen molar-refractivity contribution in [2.45, 2.75) is 46.2 Å². The molecule has 2 aromatic carbocycles. The first-order valence-corrected chi connectivity index (χ1v) is 16.0. The molecule has 2 aliphatic rings. The predicted molar refractivity (Wildman–Crippen MR) is 189 cm³/mol. The molecule has 0 atom stereocenters. The van der Waals surface area contributed by atoms with Crippen LogP contribution in [-0.2, 0) is 11.3 Å². The zero-order valence-electron chi connectivity index (χ0n) is 27.9. The molecule has 3 aromatic rings. The number of likely N-dealkylation sites (N-methyl/N-ethyl adjacent to an activating group) is 1. The molecule has 1 amide bonds. The highest BCUT2D eigenvalue weighted by atomic mass is 16.1. The maximum absolute atomic E-state index is 12.4. The van der Waals surface area contributed by atoms with Crippen LogP contribution in [0.5, 0.6) is 0 Å². The second kappa shape index (κ2) is 14.7. The minimum absolute atomic E-state index is 0.154. The topological polar surface area (TPSA) is 114 Å². The normalized spacial score (nSPS) is 18.1. The van der Waals surface area contributed by atoms with E-state index in [0.29, 0.717) is 25.0 Å². The molecule has 0 unspecified atom stereocenters. The average Bonchev–Trinajstić information content (AvgIpc) is 3.04. The first kappa shape index (κ1) is 32.8. The smallest absolute Gasteiger partial charge is 0.248 e. The van der Waals surface area contributed by atoms with E-state index in [9.17, 15) is 4.79 Å². The van der Waals surface area contributed by atoms with Gasteiger partial charge in [0.05, 0.1) is 12.2 Å². The van der Waals surface area contributed by atoms with Gasteiger partial charge in [-0.25, -0.2) is 4.99 Å². The fourth-order valence-corrected chi connectivity index (χ4v) is 5.60. The Labute approximate surface area is 272 Å². The fourth-order valence-electron chi connectivity index (χ4n) is 5.60. The molecule has 10 heteroatoms. The van der Waals surface area contributed by atoms with Gasteiger partial charge in [-0.05, 0) is 74.5 Å². The van der Waals surface area contributed by atoms with E-state index < -0.39 is 0 Å². The number of fused-ring (bicyclic) bond motifs is 1. The third-order valence-corrected chi connectivity index (χ3v) is 8.59. The molecule has 0 saturated carbocycles. The number of anilines is 1. The Hall–Kier alpha value is -4.54. The molecule has 0 spiro atoms. The summed E-state index contributed by atoms with van der Waals surface area (Å²) in [5, 5.41) is 8.57. The van der Waals surface area contributed by atoms with Gasteiger partial charge in [0, 0.05) is 61.6 Å². The highest BCUT2D eigenvalue weighted by Gasteiger charge is 2.28. The Morgan fingerprint density at radius 2 is 1.93 bits per heavy atom. The standard InChI is InChI=1S/C36H47N9O/c1-24(2)25(3)34-41-36(45-20-16-28(37)17-21-45)42-35(44(34)6)39-23-27-10-7-8-11-30(27)33-31-14-13-29(22-26(31)15-18-38-33)40-32(46)12-9-19-43(4)5/h7-15,18,22,24,28H,16-17,19-21,23,37H2,1-6H3,(H,40,46)(H,39,41,42)/b12-9+,34-25+. The van der Waals surface area contributed by atoms with Crippen LogP contribution in [0.2, 0.25) is 0 Å². The number of carbonyl (C=O) groups is 1. The van der Waals surface area contributed by atoms with Gasteiger partial charge in [-0.1, -0.05) is 50.3 Å².